The summed E-state index contributed by atoms with van der Waals surface area (Å²) in [5.41, 5.74) is 0.349. The summed E-state index contributed by atoms with van der Waals surface area (Å²) in [6.45, 7) is 5.39. The fourth-order valence-electron chi connectivity index (χ4n) is 2.33. The lowest BCUT2D eigenvalue weighted by Crippen LogP contribution is -2.51. The normalized spacial score (nSPS) is 13.0. The van der Waals surface area contributed by atoms with E-state index in [0.717, 1.165) is 0 Å². The second-order valence-corrected chi connectivity index (χ2v) is 6.24. The standard InChI is InChI=1S/C18H26N2O5/c1-11(2)16(18(24)19-12(3)9-10-15(21)22)20-17(23)13-7-5-6-8-14(13)25-4/h5-8,11-12,16H,9-10H2,1-4H3,(H,19,24)(H,20,23)(H,21,22). The van der Waals surface area contributed by atoms with Gasteiger partial charge in [0.2, 0.25) is 5.91 Å². The Labute approximate surface area is 147 Å². The van der Waals surface area contributed by atoms with Crippen LogP contribution in [0.2, 0.25) is 0 Å². The number of benzene rings is 1. The summed E-state index contributed by atoms with van der Waals surface area (Å²) in [4.78, 5) is 35.6. The lowest BCUT2D eigenvalue weighted by molar-refractivity contribution is -0.137. The number of nitrogens with one attached hydrogen (secondary N) is 2. The Kier molecular flexibility index (Phi) is 7.91. The maximum atomic E-state index is 12.5. The van der Waals surface area contributed by atoms with Crippen molar-refractivity contribution < 1.29 is 24.2 Å². The quantitative estimate of drug-likeness (QED) is 0.630. The number of rotatable bonds is 9. The largest absolute Gasteiger partial charge is 0.496 e. The predicted octanol–water partition coefficient (Wildman–Crippen LogP) is 1.82. The molecule has 0 radical (unpaired) electrons. The van der Waals surface area contributed by atoms with Crippen LogP contribution < -0.4 is 15.4 Å². The topological polar surface area (TPSA) is 105 Å². The summed E-state index contributed by atoms with van der Waals surface area (Å²) < 4.78 is 5.17. The van der Waals surface area contributed by atoms with E-state index in [-0.39, 0.29) is 24.3 Å². The van der Waals surface area contributed by atoms with Gasteiger partial charge in [0.25, 0.3) is 5.91 Å². The first-order valence-electron chi connectivity index (χ1n) is 8.22. The first-order chi connectivity index (χ1) is 11.8. The molecule has 0 heterocycles. The number of para-hydroxylation sites is 1. The summed E-state index contributed by atoms with van der Waals surface area (Å²) >= 11 is 0. The number of aliphatic carboxylic acids is 1. The van der Waals surface area contributed by atoms with E-state index < -0.39 is 17.9 Å². The van der Waals surface area contributed by atoms with Gasteiger partial charge in [-0.15, -0.1) is 0 Å². The molecule has 0 saturated heterocycles. The number of carboxylic acids is 1. The van der Waals surface area contributed by atoms with Gasteiger partial charge < -0.3 is 20.5 Å². The molecule has 1 aromatic rings. The SMILES string of the molecule is COc1ccccc1C(=O)NC(C(=O)NC(C)CCC(=O)O)C(C)C. The molecule has 2 unspecified atom stereocenters. The third-order valence-electron chi connectivity index (χ3n) is 3.77. The fraction of sp³-hybridized carbons (Fsp3) is 0.500. The third-order valence-corrected chi connectivity index (χ3v) is 3.77. The van der Waals surface area contributed by atoms with Gasteiger partial charge in [0, 0.05) is 12.5 Å². The van der Waals surface area contributed by atoms with E-state index in [0.29, 0.717) is 17.7 Å². The van der Waals surface area contributed by atoms with Crippen molar-refractivity contribution >= 4 is 17.8 Å². The molecule has 7 nitrogen and oxygen atoms in total. The number of carboxylic acid groups (broad SMARTS) is 1. The van der Waals surface area contributed by atoms with Crippen molar-refractivity contribution in [1.82, 2.24) is 10.6 Å². The van der Waals surface area contributed by atoms with Crippen LogP contribution in [0.25, 0.3) is 0 Å². The van der Waals surface area contributed by atoms with Crippen molar-refractivity contribution in [2.24, 2.45) is 5.92 Å². The van der Waals surface area contributed by atoms with E-state index in [1.165, 1.54) is 7.11 Å². The molecule has 0 spiro atoms. The second kappa shape index (κ2) is 9.66. The van der Waals surface area contributed by atoms with Crippen LogP contribution >= 0.6 is 0 Å². The minimum Gasteiger partial charge on any atom is -0.496 e. The average Bonchev–Trinajstić information content (AvgIpc) is 2.57. The van der Waals surface area contributed by atoms with Crippen LogP contribution in [0.3, 0.4) is 0 Å². The molecule has 0 aliphatic rings. The van der Waals surface area contributed by atoms with Gasteiger partial charge in [0.1, 0.15) is 11.8 Å². The lowest BCUT2D eigenvalue weighted by atomic mass is 10.0. The Morgan fingerprint density at radius 3 is 2.32 bits per heavy atom. The van der Waals surface area contributed by atoms with E-state index in [1.54, 1.807) is 31.2 Å². The van der Waals surface area contributed by atoms with Crippen molar-refractivity contribution in [2.45, 2.75) is 45.7 Å². The van der Waals surface area contributed by atoms with Gasteiger partial charge in [-0.1, -0.05) is 26.0 Å². The summed E-state index contributed by atoms with van der Waals surface area (Å²) in [7, 11) is 1.48. The molecule has 0 aliphatic carbocycles. The molecule has 138 valence electrons. The number of hydrogen-bond donors (Lipinski definition) is 3. The molecule has 7 heteroatoms. The Bertz CT molecular complexity index is 615. The zero-order valence-electron chi connectivity index (χ0n) is 15.0. The molecule has 2 amide bonds. The van der Waals surface area contributed by atoms with Crippen molar-refractivity contribution in [1.29, 1.82) is 0 Å². The Balaban J connectivity index is 2.77. The molecule has 2 atom stereocenters. The number of amides is 2. The minimum absolute atomic E-state index is 0.0264. The van der Waals surface area contributed by atoms with Crippen LogP contribution in [0, 0.1) is 5.92 Å². The van der Waals surface area contributed by atoms with Crippen LogP contribution in [-0.4, -0.2) is 42.1 Å². The van der Waals surface area contributed by atoms with Gasteiger partial charge in [0.05, 0.1) is 12.7 Å². The van der Waals surface area contributed by atoms with Gasteiger partial charge in [-0.3, -0.25) is 14.4 Å². The monoisotopic (exact) mass is 350 g/mol. The second-order valence-electron chi connectivity index (χ2n) is 6.24. The van der Waals surface area contributed by atoms with Crippen molar-refractivity contribution in [2.75, 3.05) is 7.11 Å². The molecular formula is C18H26N2O5. The van der Waals surface area contributed by atoms with Gasteiger partial charge in [-0.25, -0.2) is 0 Å². The van der Waals surface area contributed by atoms with Crippen LogP contribution in [-0.2, 0) is 9.59 Å². The number of ether oxygens (including phenoxy) is 1. The molecule has 1 rings (SSSR count). The molecule has 0 aromatic heterocycles. The highest BCUT2D eigenvalue weighted by molar-refractivity contribution is 5.99. The molecule has 0 bridgehead atoms. The van der Waals surface area contributed by atoms with Crippen LogP contribution in [0.5, 0.6) is 5.75 Å². The molecule has 0 aliphatic heterocycles. The Morgan fingerprint density at radius 1 is 1.12 bits per heavy atom. The van der Waals surface area contributed by atoms with Crippen LogP contribution in [0.1, 0.15) is 44.0 Å². The molecule has 0 fully saturated rings. The van der Waals surface area contributed by atoms with E-state index in [1.807, 2.05) is 13.8 Å². The van der Waals surface area contributed by atoms with E-state index in [2.05, 4.69) is 10.6 Å². The molecule has 1 aromatic carbocycles. The average molecular weight is 350 g/mol. The van der Waals surface area contributed by atoms with Crippen molar-refractivity contribution in [3.63, 3.8) is 0 Å². The smallest absolute Gasteiger partial charge is 0.303 e. The molecular weight excluding hydrogens is 324 g/mol. The highest BCUT2D eigenvalue weighted by Crippen LogP contribution is 2.17. The summed E-state index contributed by atoms with van der Waals surface area (Å²) in [5.74, 6) is -1.35. The number of hydrogen-bond acceptors (Lipinski definition) is 4. The van der Waals surface area contributed by atoms with Gasteiger partial charge >= 0.3 is 5.97 Å². The third kappa shape index (κ3) is 6.45. The van der Waals surface area contributed by atoms with Crippen LogP contribution in [0.4, 0.5) is 0 Å². The van der Waals surface area contributed by atoms with Crippen molar-refractivity contribution in [3.05, 3.63) is 29.8 Å². The van der Waals surface area contributed by atoms with Gasteiger partial charge in [-0.2, -0.15) is 0 Å². The summed E-state index contributed by atoms with van der Waals surface area (Å²) in [6, 6.07) is 5.74. The molecule has 0 saturated carbocycles. The number of carbonyl (C=O) groups excluding carboxylic acids is 2. The van der Waals surface area contributed by atoms with Crippen LogP contribution in [0.15, 0.2) is 24.3 Å². The maximum Gasteiger partial charge on any atom is 0.303 e. The minimum atomic E-state index is -0.911. The van der Waals surface area contributed by atoms with E-state index >= 15 is 0 Å². The van der Waals surface area contributed by atoms with Crippen molar-refractivity contribution in [3.8, 4) is 5.75 Å². The molecule has 25 heavy (non-hydrogen) atoms. The number of carbonyl (C=O) groups is 3. The summed E-state index contributed by atoms with van der Waals surface area (Å²) in [5, 5.41) is 14.2. The summed E-state index contributed by atoms with van der Waals surface area (Å²) in [6.07, 6.45) is 0.299. The maximum absolute atomic E-state index is 12.5. The van der Waals surface area contributed by atoms with Gasteiger partial charge in [0.15, 0.2) is 0 Å². The Morgan fingerprint density at radius 2 is 1.76 bits per heavy atom. The first kappa shape index (κ1) is 20.5. The molecule has 3 N–H and O–H groups in total. The van der Waals surface area contributed by atoms with E-state index in [4.69, 9.17) is 9.84 Å². The Hall–Kier alpha value is -2.57. The highest BCUT2D eigenvalue weighted by Gasteiger charge is 2.26. The zero-order chi connectivity index (χ0) is 19.0. The lowest BCUT2D eigenvalue weighted by Gasteiger charge is -2.24. The zero-order valence-corrected chi connectivity index (χ0v) is 15.0. The highest BCUT2D eigenvalue weighted by atomic mass is 16.5. The first-order valence-corrected chi connectivity index (χ1v) is 8.22. The van der Waals surface area contributed by atoms with Gasteiger partial charge in [-0.05, 0) is 31.4 Å². The number of methoxy groups -OCH3 is 1. The fourth-order valence-corrected chi connectivity index (χ4v) is 2.33. The predicted molar refractivity (Wildman–Crippen MR) is 93.6 cm³/mol. The van der Waals surface area contributed by atoms with E-state index in [9.17, 15) is 14.4 Å².